The molecule has 5 aliphatic rings. The fourth-order valence-corrected chi connectivity index (χ4v) is 9.17. The van der Waals surface area contributed by atoms with E-state index in [1.807, 2.05) is 0 Å². The minimum atomic E-state index is -0.824. The third-order valence-electron chi connectivity index (χ3n) is 10.1. The van der Waals surface area contributed by atoms with Crippen LogP contribution >= 0.6 is 11.3 Å². The monoisotopic (exact) mass is 577 g/mol. The van der Waals surface area contributed by atoms with Crippen molar-refractivity contribution in [3.05, 3.63) is 16.0 Å². The van der Waals surface area contributed by atoms with Gasteiger partial charge in [-0.15, -0.1) is 11.3 Å². The Kier molecular flexibility index (Phi) is 6.67. The van der Waals surface area contributed by atoms with E-state index in [0.29, 0.717) is 55.1 Å². The minimum absolute atomic E-state index is 0.0443. The lowest BCUT2D eigenvalue weighted by atomic mass is 9.80. The molecule has 4 fully saturated rings. The zero-order valence-electron chi connectivity index (χ0n) is 23.3. The molecule has 1 spiro atoms. The van der Waals surface area contributed by atoms with Gasteiger partial charge in [0.05, 0.1) is 17.2 Å². The predicted molar refractivity (Wildman–Crippen MR) is 154 cm³/mol. The van der Waals surface area contributed by atoms with E-state index < -0.39 is 6.17 Å². The highest BCUT2D eigenvalue weighted by atomic mass is 32.1. The molecule has 0 amide bonds. The SMILES string of the molecule is N#Cc1c(N)sc2c1C1(CC2)CCN(c2nc(OC[C@@]34CCCN3C[C@H](F)C4)nc(N3CCCC(C#N)CC3)n2)C1. The lowest BCUT2D eigenvalue weighted by Crippen LogP contribution is -2.43. The number of fused-ring (bicyclic) bond motifs is 3. The summed E-state index contributed by atoms with van der Waals surface area (Å²) >= 11 is 1.55. The van der Waals surface area contributed by atoms with Crippen LogP contribution in [0, 0.1) is 28.6 Å². The molecular formula is C29H36FN9OS. The number of thiophene rings is 1. The van der Waals surface area contributed by atoms with Crippen LogP contribution in [0.2, 0.25) is 0 Å². The van der Waals surface area contributed by atoms with Crippen LogP contribution in [0.1, 0.15) is 67.4 Å². The maximum Gasteiger partial charge on any atom is 0.323 e. The number of ether oxygens (including phenoxy) is 1. The van der Waals surface area contributed by atoms with Gasteiger partial charge in [-0.25, -0.2) is 4.39 Å². The summed E-state index contributed by atoms with van der Waals surface area (Å²) in [5.41, 5.74) is 7.58. The van der Waals surface area contributed by atoms with Crippen molar-refractivity contribution in [2.75, 3.05) is 61.4 Å². The second-order valence-corrected chi connectivity index (χ2v) is 13.7. The number of aryl methyl sites for hydroxylation is 1. The van der Waals surface area contributed by atoms with Gasteiger partial charge in [0.2, 0.25) is 11.9 Å². The van der Waals surface area contributed by atoms with Crippen molar-refractivity contribution < 1.29 is 9.13 Å². The number of anilines is 3. The number of hydrogen-bond donors (Lipinski definition) is 1. The zero-order chi connectivity index (χ0) is 28.2. The largest absolute Gasteiger partial charge is 0.461 e. The van der Waals surface area contributed by atoms with Gasteiger partial charge in [-0.2, -0.15) is 25.5 Å². The van der Waals surface area contributed by atoms with Crippen LogP contribution in [0.4, 0.5) is 21.3 Å². The van der Waals surface area contributed by atoms with Gasteiger partial charge < -0.3 is 20.3 Å². The van der Waals surface area contributed by atoms with Crippen molar-refractivity contribution in [3.8, 4) is 18.1 Å². The zero-order valence-corrected chi connectivity index (χ0v) is 24.1. The van der Waals surface area contributed by atoms with E-state index in [0.717, 1.165) is 76.6 Å². The van der Waals surface area contributed by atoms with Crippen molar-refractivity contribution in [3.63, 3.8) is 0 Å². The number of alkyl halides is 1. The van der Waals surface area contributed by atoms with E-state index in [9.17, 15) is 14.9 Å². The summed E-state index contributed by atoms with van der Waals surface area (Å²) in [7, 11) is 0. The van der Waals surface area contributed by atoms with E-state index in [1.165, 1.54) is 4.88 Å². The number of nitrogens with zero attached hydrogens (tertiary/aromatic N) is 8. The van der Waals surface area contributed by atoms with Gasteiger partial charge in [-0.05, 0) is 63.5 Å². The summed E-state index contributed by atoms with van der Waals surface area (Å²) in [6, 6.07) is 5.07. The highest BCUT2D eigenvalue weighted by Crippen LogP contribution is 2.52. The summed E-state index contributed by atoms with van der Waals surface area (Å²) in [4.78, 5) is 22.4. The number of rotatable bonds is 5. The van der Waals surface area contributed by atoms with Crippen LogP contribution in [-0.4, -0.2) is 77.4 Å². The fraction of sp³-hybridized carbons (Fsp3) is 0.690. The quantitative estimate of drug-likeness (QED) is 0.563. The molecule has 41 heavy (non-hydrogen) atoms. The topological polar surface area (TPSA) is 131 Å². The molecule has 7 rings (SSSR count). The molecule has 1 aliphatic carbocycles. The lowest BCUT2D eigenvalue weighted by Gasteiger charge is -2.31. The summed E-state index contributed by atoms with van der Waals surface area (Å²) < 4.78 is 20.7. The first-order valence-corrected chi connectivity index (χ1v) is 15.7. The van der Waals surface area contributed by atoms with Crippen molar-refractivity contribution in [1.29, 1.82) is 10.5 Å². The Hall–Kier alpha value is -3.22. The number of aromatic nitrogens is 3. The molecule has 4 saturated heterocycles. The minimum Gasteiger partial charge on any atom is -0.461 e. The summed E-state index contributed by atoms with van der Waals surface area (Å²) in [6.45, 7) is 4.69. The highest BCUT2D eigenvalue weighted by molar-refractivity contribution is 7.16. The average molecular weight is 578 g/mol. The Morgan fingerprint density at radius 2 is 1.88 bits per heavy atom. The normalized spacial score (nSPS) is 31.2. The van der Waals surface area contributed by atoms with Crippen LogP contribution < -0.4 is 20.3 Å². The van der Waals surface area contributed by atoms with Gasteiger partial charge in [-0.1, -0.05) is 0 Å². The Labute approximate surface area is 243 Å². The molecule has 0 saturated carbocycles. The average Bonchev–Trinajstić information content (AvgIpc) is 3.74. The molecule has 12 heteroatoms. The van der Waals surface area contributed by atoms with Crippen LogP contribution in [-0.2, 0) is 11.8 Å². The first-order valence-electron chi connectivity index (χ1n) is 14.9. The number of nitriles is 2. The lowest BCUT2D eigenvalue weighted by molar-refractivity contribution is 0.107. The van der Waals surface area contributed by atoms with Gasteiger partial charge in [0, 0.05) is 55.4 Å². The van der Waals surface area contributed by atoms with E-state index in [4.69, 9.17) is 25.4 Å². The molecule has 2 aromatic heterocycles. The number of nitrogens with two attached hydrogens (primary N) is 1. The van der Waals surface area contributed by atoms with Crippen molar-refractivity contribution >= 4 is 28.2 Å². The van der Waals surface area contributed by atoms with Crippen LogP contribution in [0.5, 0.6) is 6.01 Å². The van der Waals surface area contributed by atoms with Crippen LogP contribution in [0.3, 0.4) is 0 Å². The van der Waals surface area contributed by atoms with E-state index in [2.05, 4.69) is 26.8 Å². The molecule has 216 valence electrons. The molecule has 6 heterocycles. The fourth-order valence-electron chi connectivity index (χ4n) is 8.03. The van der Waals surface area contributed by atoms with E-state index in [1.54, 1.807) is 11.3 Å². The maximum absolute atomic E-state index is 14.4. The molecule has 10 nitrogen and oxygen atoms in total. The second-order valence-electron chi connectivity index (χ2n) is 12.5. The molecule has 2 unspecified atom stereocenters. The third-order valence-corrected chi connectivity index (χ3v) is 11.2. The molecule has 0 radical (unpaired) electrons. The highest BCUT2D eigenvalue weighted by Gasteiger charge is 2.50. The number of halogens is 1. The first kappa shape index (κ1) is 26.7. The van der Waals surface area contributed by atoms with Gasteiger partial charge >= 0.3 is 6.01 Å². The molecule has 4 atom stereocenters. The maximum atomic E-state index is 14.4. The standard InChI is InChI=1S/C29H36FN9OS/c30-20-13-29(6-2-10-39(29)16-20)18-40-27-35-25(37-9-1-3-19(14-31)5-11-37)34-26(36-27)38-12-8-28(17-38)7-4-22-23(28)21(15-32)24(33)41-22/h19-20H,1-13,16-18,33H2/t19?,20-,28?,29+/m1/s1. The van der Waals surface area contributed by atoms with Gasteiger partial charge in [0.1, 0.15) is 23.8 Å². The van der Waals surface area contributed by atoms with Gasteiger partial charge in [-0.3, -0.25) is 4.90 Å². The Bertz CT molecular complexity index is 1420. The van der Waals surface area contributed by atoms with E-state index in [-0.39, 0.29) is 22.9 Å². The molecule has 0 aromatic carbocycles. The third kappa shape index (κ3) is 4.56. The molecule has 0 bridgehead atoms. The number of nitrogen functional groups attached to an aromatic ring is 1. The smallest absolute Gasteiger partial charge is 0.323 e. The predicted octanol–water partition coefficient (Wildman–Crippen LogP) is 3.57. The molecule has 2 N–H and O–H groups in total. The Morgan fingerprint density at radius 1 is 1.02 bits per heavy atom. The molecular weight excluding hydrogens is 541 g/mol. The van der Waals surface area contributed by atoms with Crippen molar-refractivity contribution in [2.24, 2.45) is 5.92 Å². The van der Waals surface area contributed by atoms with Crippen molar-refractivity contribution in [2.45, 2.75) is 74.9 Å². The summed E-state index contributed by atoms with van der Waals surface area (Å²) in [5.74, 6) is 1.20. The Balaban J connectivity index is 1.18. The first-order chi connectivity index (χ1) is 19.9. The van der Waals surface area contributed by atoms with E-state index >= 15 is 0 Å². The van der Waals surface area contributed by atoms with Crippen LogP contribution in [0.25, 0.3) is 0 Å². The Morgan fingerprint density at radius 3 is 2.71 bits per heavy atom. The summed E-state index contributed by atoms with van der Waals surface area (Å²) in [6.07, 6.45) is 7.02. The summed E-state index contributed by atoms with van der Waals surface area (Å²) in [5, 5.41) is 20.0. The second kappa shape index (κ2) is 10.2. The van der Waals surface area contributed by atoms with Crippen molar-refractivity contribution in [1.82, 2.24) is 19.9 Å². The van der Waals surface area contributed by atoms with Crippen LogP contribution in [0.15, 0.2) is 0 Å². The number of hydrogen-bond acceptors (Lipinski definition) is 11. The van der Waals surface area contributed by atoms with Gasteiger partial charge in [0.15, 0.2) is 0 Å². The molecule has 2 aromatic rings. The van der Waals surface area contributed by atoms with Gasteiger partial charge in [0.25, 0.3) is 0 Å². The molecule has 4 aliphatic heterocycles.